The van der Waals surface area contributed by atoms with Gasteiger partial charge in [-0.15, -0.1) is 12.4 Å². The van der Waals surface area contributed by atoms with Gasteiger partial charge in [0, 0.05) is 38.5 Å². The van der Waals surface area contributed by atoms with Crippen LogP contribution in [0.25, 0.3) is 0 Å². The summed E-state index contributed by atoms with van der Waals surface area (Å²) in [5.74, 6) is 0.444. The number of Topliss-reactive ketones (excluding diaryl/α,β-unsaturated/α-hetero) is 1. The van der Waals surface area contributed by atoms with Crippen molar-refractivity contribution < 1.29 is 4.79 Å². The van der Waals surface area contributed by atoms with Gasteiger partial charge in [0.05, 0.1) is 0 Å². The molecule has 3 nitrogen and oxygen atoms in total. The molecule has 2 heterocycles. The van der Waals surface area contributed by atoms with Gasteiger partial charge in [0.15, 0.2) is 0 Å². The lowest BCUT2D eigenvalue weighted by Crippen LogP contribution is -2.49. The Morgan fingerprint density at radius 3 is 2.57 bits per heavy atom. The molecule has 1 atom stereocenters. The standard InChI is InChI=1S/C10H18N2O.ClH/c13-10-3-6-12(7-4-10)9-2-1-5-11-8-9;/h9,11H,1-8H2;1H. The summed E-state index contributed by atoms with van der Waals surface area (Å²) in [7, 11) is 0. The van der Waals surface area contributed by atoms with Gasteiger partial charge >= 0.3 is 0 Å². The summed E-state index contributed by atoms with van der Waals surface area (Å²) >= 11 is 0. The normalized spacial score (nSPS) is 29.7. The zero-order valence-electron chi connectivity index (χ0n) is 8.50. The first-order chi connectivity index (χ1) is 6.36. The first-order valence-corrected chi connectivity index (χ1v) is 5.33. The van der Waals surface area contributed by atoms with E-state index in [0.717, 1.165) is 32.5 Å². The predicted molar refractivity (Wildman–Crippen MR) is 59.0 cm³/mol. The smallest absolute Gasteiger partial charge is 0.135 e. The van der Waals surface area contributed by atoms with Crippen molar-refractivity contribution in [2.45, 2.75) is 31.7 Å². The number of likely N-dealkylation sites (tertiary alicyclic amines) is 1. The van der Waals surface area contributed by atoms with Crippen molar-refractivity contribution in [3.05, 3.63) is 0 Å². The first-order valence-electron chi connectivity index (χ1n) is 5.33. The highest BCUT2D eigenvalue weighted by Crippen LogP contribution is 2.15. The highest BCUT2D eigenvalue weighted by molar-refractivity contribution is 5.85. The summed E-state index contributed by atoms with van der Waals surface area (Å²) < 4.78 is 0. The van der Waals surface area contributed by atoms with Crippen molar-refractivity contribution in [1.82, 2.24) is 10.2 Å². The molecule has 0 bridgehead atoms. The number of hydrogen-bond donors (Lipinski definition) is 1. The monoisotopic (exact) mass is 218 g/mol. The second-order valence-electron chi connectivity index (χ2n) is 4.07. The number of carbonyl (C=O) groups excluding carboxylic acids is 1. The zero-order chi connectivity index (χ0) is 9.10. The number of carbonyl (C=O) groups is 1. The molecule has 14 heavy (non-hydrogen) atoms. The molecule has 2 aliphatic heterocycles. The van der Waals surface area contributed by atoms with E-state index in [1.54, 1.807) is 0 Å². The van der Waals surface area contributed by atoms with E-state index in [1.165, 1.54) is 19.4 Å². The lowest BCUT2D eigenvalue weighted by molar-refractivity contribution is -0.122. The molecule has 2 saturated heterocycles. The fourth-order valence-electron chi connectivity index (χ4n) is 2.28. The highest BCUT2D eigenvalue weighted by Gasteiger charge is 2.24. The summed E-state index contributed by atoms with van der Waals surface area (Å²) in [6.45, 7) is 4.27. The Bertz CT molecular complexity index is 183. The molecule has 0 aromatic rings. The van der Waals surface area contributed by atoms with Crippen LogP contribution in [0.1, 0.15) is 25.7 Å². The summed E-state index contributed by atoms with van der Waals surface area (Å²) in [5, 5.41) is 3.42. The van der Waals surface area contributed by atoms with E-state index >= 15 is 0 Å². The van der Waals surface area contributed by atoms with Crippen molar-refractivity contribution in [3.63, 3.8) is 0 Å². The first kappa shape index (κ1) is 12.0. The Labute approximate surface area is 91.6 Å². The third-order valence-corrected chi connectivity index (χ3v) is 3.14. The Kier molecular flexibility index (Phi) is 4.85. The number of nitrogens with zero attached hydrogens (tertiary/aromatic N) is 1. The molecule has 2 rings (SSSR count). The quantitative estimate of drug-likeness (QED) is 0.708. The molecular weight excluding hydrogens is 200 g/mol. The number of ketones is 1. The minimum Gasteiger partial charge on any atom is -0.315 e. The van der Waals surface area contributed by atoms with Crippen molar-refractivity contribution in [2.75, 3.05) is 26.2 Å². The van der Waals surface area contributed by atoms with Crippen LogP contribution >= 0.6 is 12.4 Å². The third kappa shape index (κ3) is 2.94. The molecule has 1 N–H and O–H groups in total. The maximum Gasteiger partial charge on any atom is 0.135 e. The molecule has 0 amide bonds. The SMILES string of the molecule is Cl.O=C1CCN(C2CCCNC2)CC1. The second kappa shape index (κ2) is 5.69. The molecule has 82 valence electrons. The summed E-state index contributed by atoms with van der Waals surface area (Å²) in [6, 6.07) is 0.696. The summed E-state index contributed by atoms with van der Waals surface area (Å²) in [4.78, 5) is 13.5. The van der Waals surface area contributed by atoms with Gasteiger partial charge in [0.1, 0.15) is 5.78 Å². The molecule has 4 heteroatoms. The van der Waals surface area contributed by atoms with Gasteiger partial charge in [-0.05, 0) is 19.4 Å². The molecular formula is C10H19ClN2O. The van der Waals surface area contributed by atoms with Crippen LogP contribution in [0.3, 0.4) is 0 Å². The second-order valence-corrected chi connectivity index (χ2v) is 4.07. The predicted octanol–water partition coefficient (Wildman–Crippen LogP) is 0.825. The molecule has 1 unspecified atom stereocenters. The molecule has 0 spiro atoms. The highest BCUT2D eigenvalue weighted by atomic mass is 35.5. The van der Waals surface area contributed by atoms with Crippen LogP contribution < -0.4 is 5.32 Å². The van der Waals surface area contributed by atoms with Crippen molar-refractivity contribution in [1.29, 1.82) is 0 Å². The van der Waals surface area contributed by atoms with E-state index in [-0.39, 0.29) is 12.4 Å². The van der Waals surface area contributed by atoms with Gasteiger partial charge in [0.25, 0.3) is 0 Å². The van der Waals surface area contributed by atoms with Gasteiger partial charge < -0.3 is 5.32 Å². The lowest BCUT2D eigenvalue weighted by atomic mass is 10.0. The van der Waals surface area contributed by atoms with E-state index < -0.39 is 0 Å². The summed E-state index contributed by atoms with van der Waals surface area (Å²) in [5.41, 5.74) is 0. The number of nitrogens with one attached hydrogen (secondary N) is 1. The number of halogens is 1. The maximum absolute atomic E-state index is 11.0. The van der Waals surface area contributed by atoms with Gasteiger partial charge in [-0.3, -0.25) is 9.69 Å². The largest absolute Gasteiger partial charge is 0.315 e. The van der Waals surface area contributed by atoms with E-state index in [2.05, 4.69) is 10.2 Å². The molecule has 0 aromatic carbocycles. The van der Waals surface area contributed by atoms with E-state index in [0.29, 0.717) is 11.8 Å². The minimum absolute atomic E-state index is 0. The average molecular weight is 219 g/mol. The zero-order valence-corrected chi connectivity index (χ0v) is 9.31. The van der Waals surface area contributed by atoms with E-state index in [4.69, 9.17) is 0 Å². The Balaban J connectivity index is 0.000000980. The molecule has 2 aliphatic rings. The van der Waals surface area contributed by atoms with Crippen molar-refractivity contribution >= 4 is 18.2 Å². The van der Waals surface area contributed by atoms with Crippen LogP contribution in [-0.4, -0.2) is 42.9 Å². The average Bonchev–Trinajstić information content (AvgIpc) is 2.20. The molecule has 0 saturated carbocycles. The molecule has 0 aliphatic carbocycles. The van der Waals surface area contributed by atoms with Gasteiger partial charge in [0.2, 0.25) is 0 Å². The molecule has 0 radical (unpaired) electrons. The van der Waals surface area contributed by atoms with Gasteiger partial charge in [-0.1, -0.05) is 0 Å². The summed E-state index contributed by atoms with van der Waals surface area (Å²) in [6.07, 6.45) is 4.14. The van der Waals surface area contributed by atoms with Crippen molar-refractivity contribution in [3.8, 4) is 0 Å². The Hall–Kier alpha value is -0.120. The maximum atomic E-state index is 11.0. The number of hydrogen-bond acceptors (Lipinski definition) is 3. The van der Waals surface area contributed by atoms with Crippen molar-refractivity contribution in [2.24, 2.45) is 0 Å². The van der Waals surface area contributed by atoms with Gasteiger partial charge in [-0.2, -0.15) is 0 Å². The van der Waals surface area contributed by atoms with Crippen LogP contribution in [0.4, 0.5) is 0 Å². The van der Waals surface area contributed by atoms with Gasteiger partial charge in [-0.25, -0.2) is 0 Å². The Morgan fingerprint density at radius 2 is 2.00 bits per heavy atom. The lowest BCUT2D eigenvalue weighted by Gasteiger charge is -2.36. The van der Waals surface area contributed by atoms with E-state index in [9.17, 15) is 4.79 Å². The van der Waals surface area contributed by atoms with Crippen LogP contribution in [-0.2, 0) is 4.79 Å². The fraction of sp³-hybridized carbons (Fsp3) is 0.900. The number of rotatable bonds is 1. The van der Waals surface area contributed by atoms with Crippen LogP contribution in [0, 0.1) is 0 Å². The minimum atomic E-state index is 0. The molecule has 2 fully saturated rings. The number of piperidine rings is 2. The van der Waals surface area contributed by atoms with Crippen LogP contribution in [0.15, 0.2) is 0 Å². The fourth-order valence-corrected chi connectivity index (χ4v) is 2.28. The Morgan fingerprint density at radius 1 is 1.29 bits per heavy atom. The van der Waals surface area contributed by atoms with Crippen LogP contribution in [0.2, 0.25) is 0 Å². The van der Waals surface area contributed by atoms with E-state index in [1.807, 2.05) is 0 Å². The molecule has 0 aromatic heterocycles. The third-order valence-electron chi connectivity index (χ3n) is 3.14. The topological polar surface area (TPSA) is 32.3 Å². The van der Waals surface area contributed by atoms with Crippen LogP contribution in [0.5, 0.6) is 0 Å².